The minimum atomic E-state index is -0.601. The van der Waals surface area contributed by atoms with Crippen molar-refractivity contribution in [1.82, 2.24) is 0 Å². The van der Waals surface area contributed by atoms with E-state index >= 15 is 0 Å². The van der Waals surface area contributed by atoms with Crippen molar-refractivity contribution >= 4 is 11.8 Å². The van der Waals surface area contributed by atoms with Gasteiger partial charge in [-0.25, -0.2) is 0 Å². The van der Waals surface area contributed by atoms with Crippen LogP contribution in [0.2, 0.25) is 0 Å². The van der Waals surface area contributed by atoms with E-state index in [1.54, 1.807) is 11.8 Å². The fourth-order valence-corrected chi connectivity index (χ4v) is 3.36. The molecular formula is C22H30O3S. The molecule has 2 aromatic rings. The average Bonchev–Trinajstić information content (AvgIpc) is 2.63. The standard InChI is InChI=1S/C22H30O3S/c1-15-12-17(13-16(2)21(15)25-22(3,4)14-23)6-11-20(24)18-7-9-19(26-5)10-8-18/h7-10,12-13,20,23-24H,6,11,14H2,1-5H3. The smallest absolute Gasteiger partial charge is 0.126 e. The van der Waals surface area contributed by atoms with Crippen molar-refractivity contribution in [2.75, 3.05) is 12.9 Å². The molecule has 0 aliphatic carbocycles. The molecule has 2 rings (SSSR count). The van der Waals surface area contributed by atoms with E-state index in [0.717, 1.165) is 28.9 Å². The molecule has 0 aliphatic heterocycles. The quantitative estimate of drug-likeness (QED) is 0.649. The molecule has 2 N–H and O–H groups in total. The maximum atomic E-state index is 10.5. The summed E-state index contributed by atoms with van der Waals surface area (Å²) in [6, 6.07) is 12.3. The molecule has 0 spiro atoms. The molecule has 1 atom stereocenters. The van der Waals surface area contributed by atoms with Crippen LogP contribution in [0.4, 0.5) is 0 Å². The van der Waals surface area contributed by atoms with E-state index < -0.39 is 11.7 Å². The lowest BCUT2D eigenvalue weighted by Crippen LogP contribution is -2.33. The van der Waals surface area contributed by atoms with Gasteiger partial charge in [0.1, 0.15) is 11.4 Å². The van der Waals surface area contributed by atoms with Gasteiger partial charge in [-0.15, -0.1) is 11.8 Å². The zero-order valence-electron chi connectivity index (χ0n) is 16.4. The minimum Gasteiger partial charge on any atom is -0.485 e. The summed E-state index contributed by atoms with van der Waals surface area (Å²) in [5, 5.41) is 19.9. The van der Waals surface area contributed by atoms with Crippen molar-refractivity contribution in [2.24, 2.45) is 0 Å². The highest BCUT2D eigenvalue weighted by Crippen LogP contribution is 2.30. The van der Waals surface area contributed by atoms with Crippen LogP contribution in [0.1, 0.15) is 48.6 Å². The molecule has 142 valence electrons. The second kappa shape index (κ2) is 8.94. The third kappa shape index (κ3) is 5.50. The predicted molar refractivity (Wildman–Crippen MR) is 109 cm³/mol. The summed E-state index contributed by atoms with van der Waals surface area (Å²) in [5.74, 6) is 0.834. The Hall–Kier alpha value is -1.49. The summed E-state index contributed by atoms with van der Waals surface area (Å²) in [4.78, 5) is 1.20. The van der Waals surface area contributed by atoms with E-state index in [4.69, 9.17) is 4.74 Å². The Morgan fingerprint density at radius 1 is 1.08 bits per heavy atom. The number of hydrogen-bond donors (Lipinski definition) is 2. The molecule has 0 aromatic heterocycles. The molecule has 0 fully saturated rings. The monoisotopic (exact) mass is 374 g/mol. The van der Waals surface area contributed by atoms with Crippen LogP contribution in [0.15, 0.2) is 41.3 Å². The first-order valence-electron chi connectivity index (χ1n) is 8.98. The number of hydrogen-bond acceptors (Lipinski definition) is 4. The van der Waals surface area contributed by atoms with Gasteiger partial charge >= 0.3 is 0 Å². The largest absolute Gasteiger partial charge is 0.485 e. The molecule has 0 heterocycles. The van der Waals surface area contributed by atoms with Crippen molar-refractivity contribution in [3.8, 4) is 5.75 Å². The summed E-state index contributed by atoms with van der Waals surface area (Å²) in [6.07, 6.45) is 3.07. The Kier molecular flexibility index (Phi) is 7.16. The average molecular weight is 375 g/mol. The van der Waals surface area contributed by atoms with Gasteiger partial charge in [0.2, 0.25) is 0 Å². The number of thioether (sulfide) groups is 1. The second-order valence-electron chi connectivity index (χ2n) is 7.41. The Morgan fingerprint density at radius 3 is 2.15 bits per heavy atom. The Bertz CT molecular complexity index is 700. The molecule has 3 nitrogen and oxygen atoms in total. The molecule has 0 amide bonds. The molecule has 0 bridgehead atoms. The predicted octanol–water partition coefficient (Wildman–Crippen LogP) is 4.84. The van der Waals surface area contributed by atoms with E-state index in [2.05, 4.69) is 12.1 Å². The number of ether oxygens (including phenoxy) is 1. The number of rotatable bonds is 8. The Balaban J connectivity index is 2.05. The lowest BCUT2D eigenvalue weighted by Gasteiger charge is -2.26. The minimum absolute atomic E-state index is 0.0326. The molecule has 0 saturated carbocycles. The summed E-state index contributed by atoms with van der Waals surface area (Å²) >= 11 is 1.70. The molecule has 0 aliphatic rings. The van der Waals surface area contributed by atoms with E-state index in [1.807, 2.05) is 58.2 Å². The topological polar surface area (TPSA) is 49.7 Å². The van der Waals surface area contributed by atoms with Gasteiger partial charge in [0.05, 0.1) is 12.7 Å². The third-order valence-electron chi connectivity index (χ3n) is 4.49. The molecule has 1 unspecified atom stereocenters. The van der Waals surface area contributed by atoms with E-state index in [9.17, 15) is 10.2 Å². The van der Waals surface area contributed by atoms with E-state index in [1.165, 1.54) is 10.5 Å². The maximum absolute atomic E-state index is 10.5. The van der Waals surface area contributed by atoms with Crippen LogP contribution in [0, 0.1) is 13.8 Å². The summed E-state index contributed by atoms with van der Waals surface area (Å²) in [6.45, 7) is 7.76. The van der Waals surface area contributed by atoms with Crippen LogP contribution in [0.25, 0.3) is 0 Å². The van der Waals surface area contributed by atoms with Gasteiger partial charge in [0.15, 0.2) is 0 Å². The molecule has 4 heteroatoms. The highest BCUT2D eigenvalue weighted by atomic mass is 32.2. The van der Waals surface area contributed by atoms with Gasteiger partial charge in [-0.1, -0.05) is 24.3 Å². The number of benzene rings is 2. The number of aliphatic hydroxyl groups excluding tert-OH is 2. The third-order valence-corrected chi connectivity index (χ3v) is 5.23. The Labute approximate surface area is 161 Å². The van der Waals surface area contributed by atoms with Gasteiger partial charge in [-0.3, -0.25) is 0 Å². The second-order valence-corrected chi connectivity index (χ2v) is 8.29. The van der Waals surface area contributed by atoms with Crippen molar-refractivity contribution in [3.05, 3.63) is 58.7 Å². The first-order valence-corrected chi connectivity index (χ1v) is 10.2. The molecule has 2 aromatic carbocycles. The van der Waals surface area contributed by atoms with Crippen LogP contribution in [-0.2, 0) is 6.42 Å². The van der Waals surface area contributed by atoms with Crippen LogP contribution in [0.3, 0.4) is 0 Å². The van der Waals surface area contributed by atoms with E-state index in [0.29, 0.717) is 6.42 Å². The number of aliphatic hydroxyl groups is 2. The molecule has 0 saturated heterocycles. The zero-order chi connectivity index (χ0) is 19.3. The van der Waals surface area contributed by atoms with Crippen molar-refractivity contribution in [2.45, 2.75) is 57.1 Å². The van der Waals surface area contributed by atoms with Gasteiger partial charge in [-0.2, -0.15) is 0 Å². The lowest BCUT2D eigenvalue weighted by atomic mass is 9.98. The van der Waals surface area contributed by atoms with Crippen molar-refractivity contribution in [1.29, 1.82) is 0 Å². The highest BCUT2D eigenvalue weighted by molar-refractivity contribution is 7.98. The maximum Gasteiger partial charge on any atom is 0.126 e. The number of aryl methyl sites for hydroxylation is 3. The lowest BCUT2D eigenvalue weighted by molar-refractivity contribution is 0.0400. The summed E-state index contributed by atoms with van der Waals surface area (Å²) < 4.78 is 5.98. The summed E-state index contributed by atoms with van der Waals surface area (Å²) in [7, 11) is 0. The SMILES string of the molecule is CSc1ccc(C(O)CCc2cc(C)c(OC(C)(C)CO)c(C)c2)cc1. The van der Waals surface area contributed by atoms with Crippen LogP contribution in [-0.4, -0.2) is 28.7 Å². The fraction of sp³-hybridized carbons (Fsp3) is 0.455. The Morgan fingerprint density at radius 2 is 1.65 bits per heavy atom. The molecular weight excluding hydrogens is 344 g/mol. The van der Waals surface area contributed by atoms with Gasteiger partial charge in [0.25, 0.3) is 0 Å². The van der Waals surface area contributed by atoms with Gasteiger partial charge in [0, 0.05) is 4.90 Å². The fourth-order valence-electron chi connectivity index (χ4n) is 2.95. The van der Waals surface area contributed by atoms with E-state index in [-0.39, 0.29) is 6.61 Å². The molecule has 0 radical (unpaired) electrons. The highest BCUT2D eigenvalue weighted by Gasteiger charge is 2.21. The van der Waals surface area contributed by atoms with Crippen molar-refractivity contribution in [3.63, 3.8) is 0 Å². The first-order chi connectivity index (χ1) is 12.3. The van der Waals surface area contributed by atoms with Crippen molar-refractivity contribution < 1.29 is 14.9 Å². The van der Waals surface area contributed by atoms with Crippen LogP contribution >= 0.6 is 11.8 Å². The van der Waals surface area contributed by atoms with Crippen LogP contribution < -0.4 is 4.74 Å². The van der Waals surface area contributed by atoms with Gasteiger partial charge in [-0.05, 0) is 81.2 Å². The van der Waals surface area contributed by atoms with Crippen LogP contribution in [0.5, 0.6) is 5.75 Å². The molecule has 26 heavy (non-hydrogen) atoms. The van der Waals surface area contributed by atoms with Gasteiger partial charge < -0.3 is 14.9 Å². The summed E-state index contributed by atoms with van der Waals surface area (Å²) in [5.41, 5.74) is 3.66. The normalized spacial score (nSPS) is 12.9. The first kappa shape index (κ1) is 20.8. The zero-order valence-corrected chi connectivity index (χ0v) is 17.2.